The molecule has 19 heavy (non-hydrogen) atoms. The molecule has 0 aliphatic carbocycles. The van der Waals surface area contributed by atoms with Gasteiger partial charge in [0.1, 0.15) is 22.3 Å². The summed E-state index contributed by atoms with van der Waals surface area (Å²) in [6.07, 6.45) is 1.47. The maximum atomic E-state index is 6.00. The Labute approximate surface area is 115 Å². The lowest BCUT2D eigenvalue weighted by Gasteiger charge is -2.10. The van der Waals surface area contributed by atoms with Gasteiger partial charge in [0.2, 0.25) is 5.88 Å². The summed E-state index contributed by atoms with van der Waals surface area (Å²) in [5, 5.41) is 0.335. The molecule has 0 saturated carbocycles. The molecule has 0 atom stereocenters. The monoisotopic (exact) mass is 280 g/mol. The molecule has 0 amide bonds. The number of hydrogen-bond donors (Lipinski definition) is 1. The zero-order valence-electron chi connectivity index (χ0n) is 10.5. The predicted octanol–water partition coefficient (Wildman–Crippen LogP) is 3.13. The Morgan fingerprint density at radius 1 is 1.00 bits per heavy atom. The fourth-order valence-electron chi connectivity index (χ4n) is 1.47. The first kappa shape index (κ1) is 13.3. The topological polar surface area (TPSA) is 66.6 Å². The van der Waals surface area contributed by atoms with Gasteiger partial charge in [-0.1, -0.05) is 11.6 Å². The summed E-state index contributed by atoms with van der Waals surface area (Å²) >= 11 is 6.00. The van der Waals surface area contributed by atoms with Gasteiger partial charge >= 0.3 is 0 Å². The van der Waals surface area contributed by atoms with Crippen molar-refractivity contribution in [1.82, 2.24) is 4.98 Å². The van der Waals surface area contributed by atoms with E-state index in [2.05, 4.69) is 4.98 Å². The Bertz CT molecular complexity index is 568. The van der Waals surface area contributed by atoms with Crippen molar-refractivity contribution in [2.75, 3.05) is 20.0 Å². The van der Waals surface area contributed by atoms with Gasteiger partial charge in [0.05, 0.1) is 26.1 Å². The van der Waals surface area contributed by atoms with Gasteiger partial charge in [0.15, 0.2) is 0 Å². The first-order valence-corrected chi connectivity index (χ1v) is 5.82. The van der Waals surface area contributed by atoms with E-state index in [9.17, 15) is 0 Å². The van der Waals surface area contributed by atoms with Crippen molar-refractivity contribution < 1.29 is 14.2 Å². The van der Waals surface area contributed by atoms with Gasteiger partial charge in [0.25, 0.3) is 0 Å². The number of aromatic nitrogens is 1. The molecule has 2 N–H and O–H groups in total. The van der Waals surface area contributed by atoms with Crippen LogP contribution < -0.4 is 19.9 Å². The van der Waals surface area contributed by atoms with Crippen molar-refractivity contribution in [2.45, 2.75) is 0 Å². The number of rotatable bonds is 4. The Kier molecular flexibility index (Phi) is 3.97. The Hall–Kier alpha value is -2.14. The number of nitrogens with zero attached hydrogens (tertiary/aromatic N) is 1. The van der Waals surface area contributed by atoms with Crippen LogP contribution in [0.15, 0.2) is 30.5 Å². The molecule has 0 fully saturated rings. The van der Waals surface area contributed by atoms with Gasteiger partial charge in [-0.3, -0.25) is 0 Å². The first-order valence-electron chi connectivity index (χ1n) is 5.44. The highest BCUT2D eigenvalue weighted by atomic mass is 35.5. The molecule has 0 radical (unpaired) electrons. The van der Waals surface area contributed by atoms with Gasteiger partial charge < -0.3 is 19.9 Å². The van der Waals surface area contributed by atoms with E-state index in [1.165, 1.54) is 6.20 Å². The van der Waals surface area contributed by atoms with Crippen LogP contribution in [0.25, 0.3) is 0 Å². The molecule has 0 aliphatic rings. The standard InChI is InChI=1S/C13H13ClN2O3/c1-17-9-4-10(18-2)6-11(5-9)19-13-12(14)3-8(15)7-16-13/h3-7H,15H2,1-2H3. The third kappa shape index (κ3) is 3.20. The minimum Gasteiger partial charge on any atom is -0.496 e. The Morgan fingerprint density at radius 2 is 1.58 bits per heavy atom. The zero-order chi connectivity index (χ0) is 13.8. The fourth-order valence-corrected chi connectivity index (χ4v) is 1.68. The summed E-state index contributed by atoms with van der Waals surface area (Å²) in [6, 6.07) is 6.72. The largest absolute Gasteiger partial charge is 0.496 e. The SMILES string of the molecule is COc1cc(OC)cc(Oc2ncc(N)cc2Cl)c1. The summed E-state index contributed by atoms with van der Waals surface area (Å²) in [6.45, 7) is 0. The normalized spacial score (nSPS) is 10.1. The smallest absolute Gasteiger partial charge is 0.238 e. The molecule has 1 aromatic heterocycles. The number of hydrogen-bond acceptors (Lipinski definition) is 5. The predicted molar refractivity (Wildman–Crippen MR) is 73.3 cm³/mol. The van der Waals surface area contributed by atoms with Crippen LogP contribution in [0.5, 0.6) is 23.1 Å². The lowest BCUT2D eigenvalue weighted by atomic mass is 10.3. The van der Waals surface area contributed by atoms with E-state index in [-0.39, 0.29) is 5.88 Å². The molecule has 0 bridgehead atoms. The molecule has 0 unspecified atom stereocenters. The number of nitrogens with two attached hydrogens (primary N) is 1. The molecule has 0 spiro atoms. The van der Waals surface area contributed by atoms with Crippen LogP contribution in [0, 0.1) is 0 Å². The summed E-state index contributed by atoms with van der Waals surface area (Å²) in [4.78, 5) is 4.02. The van der Waals surface area contributed by atoms with Crippen LogP contribution in [0.4, 0.5) is 5.69 Å². The maximum absolute atomic E-state index is 6.00. The third-order valence-corrected chi connectivity index (χ3v) is 2.64. The highest BCUT2D eigenvalue weighted by molar-refractivity contribution is 6.32. The van der Waals surface area contributed by atoms with E-state index in [0.717, 1.165) is 0 Å². The molecule has 1 aromatic carbocycles. The van der Waals surface area contributed by atoms with Crippen LogP contribution in [-0.2, 0) is 0 Å². The van der Waals surface area contributed by atoms with Crippen LogP contribution in [-0.4, -0.2) is 19.2 Å². The molecular weight excluding hydrogens is 268 g/mol. The molecule has 1 heterocycles. The van der Waals surface area contributed by atoms with Crippen molar-refractivity contribution in [3.8, 4) is 23.1 Å². The summed E-state index contributed by atoms with van der Waals surface area (Å²) in [7, 11) is 3.12. The zero-order valence-corrected chi connectivity index (χ0v) is 11.3. The average molecular weight is 281 g/mol. The number of benzene rings is 1. The highest BCUT2D eigenvalue weighted by Crippen LogP contribution is 2.33. The summed E-state index contributed by atoms with van der Waals surface area (Å²) in [5.74, 6) is 2.00. The molecule has 0 aliphatic heterocycles. The number of ether oxygens (including phenoxy) is 3. The third-order valence-electron chi connectivity index (χ3n) is 2.37. The van der Waals surface area contributed by atoms with Crippen LogP contribution in [0.1, 0.15) is 0 Å². The summed E-state index contributed by atoms with van der Waals surface area (Å²) in [5.41, 5.74) is 6.04. The van der Waals surface area contributed by atoms with E-state index < -0.39 is 0 Å². The van der Waals surface area contributed by atoms with Crippen molar-refractivity contribution in [3.05, 3.63) is 35.5 Å². The molecule has 100 valence electrons. The number of nitrogen functional groups attached to an aromatic ring is 1. The second-order valence-electron chi connectivity index (χ2n) is 3.71. The first-order chi connectivity index (χ1) is 9.12. The summed E-state index contributed by atoms with van der Waals surface area (Å²) < 4.78 is 15.9. The lowest BCUT2D eigenvalue weighted by molar-refractivity contribution is 0.385. The molecule has 2 aromatic rings. The van der Waals surface area contributed by atoms with E-state index in [1.807, 2.05) is 0 Å². The van der Waals surface area contributed by atoms with E-state index in [4.69, 9.17) is 31.5 Å². The number of anilines is 1. The lowest BCUT2D eigenvalue weighted by Crippen LogP contribution is -1.94. The second kappa shape index (κ2) is 5.67. The minimum atomic E-state index is 0.270. The van der Waals surface area contributed by atoms with Crippen molar-refractivity contribution in [1.29, 1.82) is 0 Å². The molecule has 2 rings (SSSR count). The average Bonchev–Trinajstić information content (AvgIpc) is 2.41. The van der Waals surface area contributed by atoms with Crippen LogP contribution in [0.3, 0.4) is 0 Å². The minimum absolute atomic E-state index is 0.270. The Morgan fingerprint density at radius 3 is 2.11 bits per heavy atom. The van der Waals surface area contributed by atoms with Gasteiger partial charge in [0, 0.05) is 18.2 Å². The second-order valence-corrected chi connectivity index (χ2v) is 4.11. The quantitative estimate of drug-likeness (QED) is 0.932. The molecule has 5 nitrogen and oxygen atoms in total. The number of pyridine rings is 1. The van der Waals surface area contributed by atoms with Gasteiger partial charge in [-0.25, -0.2) is 4.98 Å². The van der Waals surface area contributed by atoms with Crippen LogP contribution in [0.2, 0.25) is 5.02 Å². The van der Waals surface area contributed by atoms with E-state index in [1.54, 1.807) is 38.5 Å². The molecular formula is C13H13ClN2O3. The molecule has 0 saturated heterocycles. The van der Waals surface area contributed by atoms with Crippen molar-refractivity contribution in [3.63, 3.8) is 0 Å². The van der Waals surface area contributed by atoms with Crippen molar-refractivity contribution in [2.24, 2.45) is 0 Å². The van der Waals surface area contributed by atoms with Gasteiger partial charge in [-0.15, -0.1) is 0 Å². The van der Waals surface area contributed by atoms with E-state index >= 15 is 0 Å². The van der Waals surface area contributed by atoms with Crippen molar-refractivity contribution >= 4 is 17.3 Å². The number of halogens is 1. The highest BCUT2D eigenvalue weighted by Gasteiger charge is 2.08. The Balaban J connectivity index is 2.31. The van der Waals surface area contributed by atoms with Gasteiger partial charge in [-0.2, -0.15) is 0 Å². The van der Waals surface area contributed by atoms with Gasteiger partial charge in [-0.05, 0) is 6.07 Å². The fraction of sp³-hybridized carbons (Fsp3) is 0.154. The molecule has 6 heteroatoms. The van der Waals surface area contributed by atoms with E-state index in [0.29, 0.717) is 28.0 Å². The van der Waals surface area contributed by atoms with Crippen LogP contribution >= 0.6 is 11.6 Å². The maximum Gasteiger partial charge on any atom is 0.238 e. The number of methoxy groups -OCH3 is 2.